The molecule has 0 unspecified atom stereocenters. The average Bonchev–Trinajstić information content (AvgIpc) is 2.06. The molecule has 0 amide bonds. The van der Waals surface area contributed by atoms with Crippen LogP contribution >= 0.6 is 12.4 Å². The second-order valence-electron chi connectivity index (χ2n) is 2.19. The third-order valence-corrected chi connectivity index (χ3v) is 1.28. The Bertz CT molecular complexity index is 50.0. The van der Waals surface area contributed by atoms with Crippen LogP contribution in [-0.4, -0.2) is 25.0 Å². The minimum atomic E-state index is 0. The molecule has 1 nitrogen and oxygen atoms in total. The number of halogens is 1. The van der Waals surface area contributed by atoms with Crippen molar-refractivity contribution < 1.29 is 0 Å². The molecule has 0 saturated heterocycles. The molecule has 1 rings (SSSR count). The lowest BCUT2D eigenvalue weighted by atomic mass is 10.6. The highest BCUT2D eigenvalue weighted by Crippen LogP contribution is 2.23. The van der Waals surface area contributed by atoms with Crippen LogP contribution in [0.4, 0.5) is 0 Å². The molecular weight excluding hydrogens is 110 g/mol. The van der Waals surface area contributed by atoms with Gasteiger partial charge in [-0.25, -0.2) is 0 Å². The largest absolute Gasteiger partial charge is 0.306 e. The van der Waals surface area contributed by atoms with Gasteiger partial charge >= 0.3 is 0 Å². The van der Waals surface area contributed by atoms with Crippen molar-refractivity contribution >= 4 is 12.4 Å². The van der Waals surface area contributed by atoms with Crippen LogP contribution in [0.1, 0.15) is 12.8 Å². The predicted octanol–water partition coefficient (Wildman–Crippen LogP) is 1.13. The Balaban J connectivity index is 0.000000360. The molecule has 0 aromatic heterocycles. The summed E-state index contributed by atoms with van der Waals surface area (Å²) in [5.74, 6) is 0. The van der Waals surface area contributed by atoms with Crippen molar-refractivity contribution in [1.29, 1.82) is 0 Å². The maximum atomic E-state index is 2.28. The molecule has 0 aromatic rings. The van der Waals surface area contributed by atoms with Crippen molar-refractivity contribution in [2.75, 3.05) is 14.1 Å². The minimum Gasteiger partial charge on any atom is -0.306 e. The summed E-state index contributed by atoms with van der Waals surface area (Å²) >= 11 is 0. The van der Waals surface area contributed by atoms with E-state index in [1.165, 1.54) is 12.8 Å². The first-order valence-corrected chi connectivity index (χ1v) is 2.47. The van der Waals surface area contributed by atoms with E-state index in [4.69, 9.17) is 0 Å². The van der Waals surface area contributed by atoms with Crippen molar-refractivity contribution in [1.82, 2.24) is 4.90 Å². The van der Waals surface area contributed by atoms with E-state index in [-0.39, 0.29) is 12.4 Å². The van der Waals surface area contributed by atoms with Gasteiger partial charge in [-0.15, -0.1) is 12.4 Å². The molecule has 1 aliphatic rings. The summed E-state index contributed by atoms with van der Waals surface area (Å²) in [6.07, 6.45) is 2.85. The molecule has 0 heterocycles. The maximum absolute atomic E-state index is 2.28. The third kappa shape index (κ3) is 2.15. The van der Waals surface area contributed by atoms with E-state index in [1.807, 2.05) is 0 Å². The minimum absolute atomic E-state index is 0. The Labute approximate surface area is 51.1 Å². The molecule has 0 aliphatic heterocycles. The van der Waals surface area contributed by atoms with E-state index in [0.717, 1.165) is 6.04 Å². The fourth-order valence-corrected chi connectivity index (χ4v) is 0.591. The zero-order valence-corrected chi connectivity index (χ0v) is 5.66. The normalized spacial score (nSPS) is 19.3. The fraction of sp³-hybridized carbons (Fsp3) is 1.00. The summed E-state index contributed by atoms with van der Waals surface area (Å²) in [6.45, 7) is 0. The molecule has 0 radical (unpaired) electrons. The molecule has 0 atom stereocenters. The highest BCUT2D eigenvalue weighted by molar-refractivity contribution is 5.85. The standard InChI is InChI=1S/C5H11N.ClH/c1-6(2)5-3-4-5;/h5H,3-4H2,1-2H3;1H. The van der Waals surface area contributed by atoms with Crippen LogP contribution in [0.5, 0.6) is 0 Å². The molecular formula is C5H12ClN. The van der Waals surface area contributed by atoms with Gasteiger partial charge in [0.25, 0.3) is 0 Å². The Morgan fingerprint density at radius 1 is 1.29 bits per heavy atom. The Morgan fingerprint density at radius 2 is 1.71 bits per heavy atom. The van der Waals surface area contributed by atoms with E-state index in [9.17, 15) is 0 Å². The monoisotopic (exact) mass is 121 g/mol. The molecule has 0 aromatic carbocycles. The molecule has 2 heteroatoms. The summed E-state index contributed by atoms with van der Waals surface area (Å²) in [6, 6.07) is 0.935. The van der Waals surface area contributed by atoms with Gasteiger partial charge in [-0.2, -0.15) is 0 Å². The quantitative estimate of drug-likeness (QED) is 0.503. The second kappa shape index (κ2) is 2.53. The van der Waals surface area contributed by atoms with E-state index in [1.54, 1.807) is 0 Å². The lowest BCUT2D eigenvalue weighted by Crippen LogP contribution is -2.12. The van der Waals surface area contributed by atoms with Crippen LogP contribution in [0.3, 0.4) is 0 Å². The first-order valence-electron chi connectivity index (χ1n) is 2.47. The molecule has 0 spiro atoms. The van der Waals surface area contributed by atoms with E-state index < -0.39 is 0 Å². The summed E-state index contributed by atoms with van der Waals surface area (Å²) in [4.78, 5) is 2.28. The van der Waals surface area contributed by atoms with Crippen molar-refractivity contribution in [2.24, 2.45) is 0 Å². The van der Waals surface area contributed by atoms with Crippen LogP contribution in [0.25, 0.3) is 0 Å². The van der Waals surface area contributed by atoms with Gasteiger partial charge < -0.3 is 4.90 Å². The van der Waals surface area contributed by atoms with Gasteiger partial charge in [-0.05, 0) is 26.9 Å². The molecule has 7 heavy (non-hydrogen) atoms. The molecule has 1 aliphatic carbocycles. The van der Waals surface area contributed by atoms with Crippen molar-refractivity contribution in [3.63, 3.8) is 0 Å². The first-order chi connectivity index (χ1) is 2.80. The Kier molecular flexibility index (Phi) is 2.62. The lowest BCUT2D eigenvalue weighted by Gasteiger charge is -2.03. The fourth-order valence-electron chi connectivity index (χ4n) is 0.591. The zero-order valence-electron chi connectivity index (χ0n) is 4.85. The van der Waals surface area contributed by atoms with Crippen LogP contribution in [0, 0.1) is 0 Å². The predicted molar refractivity (Wildman–Crippen MR) is 34.0 cm³/mol. The van der Waals surface area contributed by atoms with Crippen molar-refractivity contribution in [2.45, 2.75) is 18.9 Å². The van der Waals surface area contributed by atoms with Crippen molar-refractivity contribution in [3.8, 4) is 0 Å². The van der Waals surface area contributed by atoms with Crippen LogP contribution in [-0.2, 0) is 0 Å². The zero-order chi connectivity index (χ0) is 4.57. The lowest BCUT2D eigenvalue weighted by molar-refractivity contribution is 0.399. The summed E-state index contributed by atoms with van der Waals surface area (Å²) < 4.78 is 0. The summed E-state index contributed by atoms with van der Waals surface area (Å²) in [5, 5.41) is 0. The van der Waals surface area contributed by atoms with E-state index in [2.05, 4.69) is 19.0 Å². The number of hydrogen-bond donors (Lipinski definition) is 0. The number of nitrogens with zero attached hydrogens (tertiary/aromatic N) is 1. The van der Waals surface area contributed by atoms with Gasteiger partial charge in [-0.3, -0.25) is 0 Å². The average molecular weight is 122 g/mol. The second-order valence-corrected chi connectivity index (χ2v) is 2.19. The van der Waals surface area contributed by atoms with Gasteiger partial charge in [0.1, 0.15) is 0 Å². The number of rotatable bonds is 1. The van der Waals surface area contributed by atoms with Crippen molar-refractivity contribution in [3.05, 3.63) is 0 Å². The smallest absolute Gasteiger partial charge is 0.00903 e. The van der Waals surface area contributed by atoms with Gasteiger partial charge in [0, 0.05) is 6.04 Å². The van der Waals surface area contributed by atoms with Crippen LogP contribution < -0.4 is 0 Å². The van der Waals surface area contributed by atoms with Gasteiger partial charge in [0.15, 0.2) is 0 Å². The van der Waals surface area contributed by atoms with E-state index >= 15 is 0 Å². The van der Waals surface area contributed by atoms with Gasteiger partial charge in [0.2, 0.25) is 0 Å². The highest BCUT2D eigenvalue weighted by atomic mass is 35.5. The van der Waals surface area contributed by atoms with Crippen LogP contribution in [0.2, 0.25) is 0 Å². The van der Waals surface area contributed by atoms with Crippen LogP contribution in [0.15, 0.2) is 0 Å². The molecule has 0 N–H and O–H groups in total. The molecule has 0 bridgehead atoms. The first kappa shape index (κ1) is 7.25. The van der Waals surface area contributed by atoms with Gasteiger partial charge in [0.05, 0.1) is 0 Å². The molecule has 44 valence electrons. The Hall–Kier alpha value is 0.250. The maximum Gasteiger partial charge on any atom is 0.00903 e. The SMILES string of the molecule is CN(C)C1CC1.Cl. The summed E-state index contributed by atoms with van der Waals surface area (Å²) in [5.41, 5.74) is 0. The topological polar surface area (TPSA) is 3.24 Å². The summed E-state index contributed by atoms with van der Waals surface area (Å²) in [7, 11) is 4.27. The molecule has 1 fully saturated rings. The highest BCUT2D eigenvalue weighted by Gasteiger charge is 2.22. The third-order valence-electron chi connectivity index (χ3n) is 1.28. The van der Waals surface area contributed by atoms with Gasteiger partial charge in [-0.1, -0.05) is 0 Å². The van der Waals surface area contributed by atoms with E-state index in [0.29, 0.717) is 0 Å². The number of hydrogen-bond acceptors (Lipinski definition) is 1. The Morgan fingerprint density at radius 3 is 1.71 bits per heavy atom. The molecule has 1 saturated carbocycles.